The van der Waals surface area contributed by atoms with Crippen LogP contribution in [0.1, 0.15) is 43.2 Å². The number of carbonyl (C=O) groups excluding carboxylic acids is 2. The molecule has 6 heteroatoms. The molecule has 1 aliphatic rings. The van der Waals surface area contributed by atoms with Crippen LogP contribution in [0.2, 0.25) is 5.02 Å². The molecule has 1 N–H and O–H groups in total. The number of hydrogen-bond acceptors (Lipinski definition) is 3. The lowest BCUT2D eigenvalue weighted by atomic mass is 10.1. The zero-order valence-electron chi connectivity index (χ0n) is 17.2. The molecule has 0 radical (unpaired) electrons. The first-order valence-electron chi connectivity index (χ1n) is 10.6. The van der Waals surface area contributed by atoms with E-state index in [2.05, 4.69) is 23.5 Å². The van der Waals surface area contributed by atoms with E-state index in [1.807, 2.05) is 36.4 Å². The normalized spacial score (nSPS) is 15.7. The first-order valence-corrected chi connectivity index (χ1v) is 12.0. The van der Waals surface area contributed by atoms with Crippen LogP contribution < -0.4 is 5.32 Å². The van der Waals surface area contributed by atoms with Crippen molar-refractivity contribution in [1.29, 1.82) is 0 Å². The summed E-state index contributed by atoms with van der Waals surface area (Å²) in [5.41, 5.74) is 2.44. The molecular formula is C24H29ClN2O2S. The van der Waals surface area contributed by atoms with Gasteiger partial charge in [-0.2, -0.15) is 0 Å². The molecule has 30 heavy (non-hydrogen) atoms. The first kappa shape index (κ1) is 22.7. The number of amides is 2. The fourth-order valence-electron chi connectivity index (χ4n) is 3.46. The second-order valence-corrected chi connectivity index (χ2v) is 9.16. The largest absolute Gasteiger partial charge is 0.355 e. The third-order valence-electron chi connectivity index (χ3n) is 5.27. The minimum absolute atomic E-state index is 0.0651. The molecule has 3 rings (SSSR count). The maximum atomic E-state index is 12.2. The summed E-state index contributed by atoms with van der Waals surface area (Å²) in [5, 5.41) is 3.89. The van der Waals surface area contributed by atoms with Crippen molar-refractivity contribution in [3.8, 4) is 0 Å². The Morgan fingerprint density at radius 2 is 1.77 bits per heavy atom. The van der Waals surface area contributed by atoms with Gasteiger partial charge < -0.3 is 10.2 Å². The Balaban J connectivity index is 1.25. The molecule has 1 fully saturated rings. The molecule has 1 atom stereocenters. The van der Waals surface area contributed by atoms with Crippen molar-refractivity contribution in [3.05, 3.63) is 70.7 Å². The Labute approximate surface area is 188 Å². The van der Waals surface area contributed by atoms with E-state index in [4.69, 9.17) is 11.6 Å². The van der Waals surface area contributed by atoms with Crippen LogP contribution in [-0.4, -0.2) is 35.2 Å². The molecule has 2 aromatic rings. The maximum absolute atomic E-state index is 12.2. The molecule has 0 aliphatic carbocycles. The van der Waals surface area contributed by atoms with Gasteiger partial charge in [-0.3, -0.25) is 9.59 Å². The highest BCUT2D eigenvalue weighted by atomic mass is 35.5. The van der Waals surface area contributed by atoms with Crippen molar-refractivity contribution >= 4 is 35.2 Å². The van der Waals surface area contributed by atoms with Crippen LogP contribution in [0.25, 0.3) is 0 Å². The van der Waals surface area contributed by atoms with E-state index in [9.17, 15) is 9.59 Å². The third-order valence-corrected chi connectivity index (χ3v) is 6.94. The Kier molecular flexibility index (Phi) is 9.09. The van der Waals surface area contributed by atoms with E-state index in [1.165, 1.54) is 11.1 Å². The lowest BCUT2D eigenvalue weighted by Gasteiger charge is -2.39. The van der Waals surface area contributed by atoms with E-state index in [1.54, 1.807) is 16.7 Å². The fourth-order valence-corrected chi connectivity index (χ4v) is 4.90. The summed E-state index contributed by atoms with van der Waals surface area (Å²) in [5.74, 6) is 0.852. The number of benzene rings is 2. The molecule has 1 saturated heterocycles. The van der Waals surface area contributed by atoms with Gasteiger partial charge in [0, 0.05) is 17.3 Å². The average Bonchev–Trinajstić information content (AvgIpc) is 2.76. The summed E-state index contributed by atoms with van der Waals surface area (Å²) >= 11 is 7.90. The summed E-state index contributed by atoms with van der Waals surface area (Å²) in [7, 11) is 0. The Bertz CT molecular complexity index is 831. The number of thioether (sulfide) groups is 1. The van der Waals surface area contributed by atoms with Gasteiger partial charge in [0.25, 0.3) is 0 Å². The Morgan fingerprint density at radius 1 is 1.03 bits per heavy atom. The van der Waals surface area contributed by atoms with Gasteiger partial charge in [-0.15, -0.1) is 11.8 Å². The molecule has 1 heterocycles. The number of nitrogens with one attached hydrogen (secondary N) is 1. The monoisotopic (exact) mass is 444 g/mol. The lowest BCUT2D eigenvalue weighted by Crippen LogP contribution is -2.54. The summed E-state index contributed by atoms with van der Waals surface area (Å²) in [6.07, 6.45) is 5.75. The minimum atomic E-state index is -0.0653. The van der Waals surface area contributed by atoms with Crippen molar-refractivity contribution in [2.24, 2.45) is 0 Å². The first-order chi connectivity index (χ1) is 14.6. The summed E-state index contributed by atoms with van der Waals surface area (Å²) in [6, 6.07) is 18.2. The van der Waals surface area contributed by atoms with Crippen LogP contribution >= 0.6 is 23.4 Å². The number of β-lactam (4-membered cyclic amide) rings is 1. The standard InChI is InChI=1S/C24H29ClN2O2S/c25-21-14-8-7-13-20(21)12-6-1-2-9-15-26-22(28)17-27-23(29)16-24(27)30-18-19-10-4-3-5-11-19/h3-5,7-8,10-11,13-14,24H,1-2,6,9,12,15-18H2,(H,26,28). The lowest BCUT2D eigenvalue weighted by molar-refractivity contribution is -0.145. The van der Waals surface area contributed by atoms with E-state index in [-0.39, 0.29) is 23.7 Å². The van der Waals surface area contributed by atoms with Gasteiger partial charge in [-0.05, 0) is 36.5 Å². The van der Waals surface area contributed by atoms with Gasteiger partial charge in [0.1, 0.15) is 6.54 Å². The number of hydrogen-bond donors (Lipinski definition) is 1. The average molecular weight is 445 g/mol. The number of aryl methyl sites for hydroxylation is 1. The number of unbranched alkanes of at least 4 members (excludes halogenated alkanes) is 3. The molecule has 160 valence electrons. The van der Waals surface area contributed by atoms with Gasteiger partial charge in [-0.25, -0.2) is 0 Å². The zero-order chi connectivity index (χ0) is 21.2. The van der Waals surface area contributed by atoms with Crippen LogP contribution in [0.5, 0.6) is 0 Å². The van der Waals surface area contributed by atoms with E-state index < -0.39 is 0 Å². The van der Waals surface area contributed by atoms with Crippen molar-refractivity contribution in [2.45, 2.75) is 49.7 Å². The fraction of sp³-hybridized carbons (Fsp3) is 0.417. The van der Waals surface area contributed by atoms with Crippen molar-refractivity contribution in [1.82, 2.24) is 10.2 Å². The minimum Gasteiger partial charge on any atom is -0.355 e. The van der Waals surface area contributed by atoms with Crippen LogP contribution in [0, 0.1) is 0 Å². The van der Waals surface area contributed by atoms with Gasteiger partial charge in [0.15, 0.2) is 0 Å². The number of halogens is 1. The highest BCUT2D eigenvalue weighted by Crippen LogP contribution is 2.31. The molecule has 4 nitrogen and oxygen atoms in total. The molecule has 0 saturated carbocycles. The van der Waals surface area contributed by atoms with Gasteiger partial charge in [-0.1, -0.05) is 73.0 Å². The third kappa shape index (κ3) is 7.06. The van der Waals surface area contributed by atoms with Gasteiger partial charge in [0.2, 0.25) is 11.8 Å². The number of likely N-dealkylation sites (tertiary alicyclic amines) is 1. The molecule has 1 unspecified atom stereocenters. The van der Waals surface area contributed by atoms with Crippen molar-refractivity contribution in [2.75, 3.05) is 13.1 Å². The maximum Gasteiger partial charge on any atom is 0.239 e. The van der Waals surface area contributed by atoms with E-state index in [0.717, 1.165) is 42.9 Å². The molecule has 2 aromatic carbocycles. The van der Waals surface area contributed by atoms with E-state index in [0.29, 0.717) is 13.0 Å². The molecule has 0 spiro atoms. The van der Waals surface area contributed by atoms with Crippen LogP contribution in [-0.2, 0) is 21.8 Å². The van der Waals surface area contributed by atoms with E-state index >= 15 is 0 Å². The summed E-state index contributed by atoms with van der Waals surface area (Å²) in [6.45, 7) is 0.826. The predicted molar refractivity (Wildman–Crippen MR) is 124 cm³/mol. The molecule has 2 amide bonds. The number of carbonyl (C=O) groups is 2. The molecule has 1 aliphatic heterocycles. The Hall–Kier alpha value is -1.98. The number of nitrogens with zero attached hydrogens (tertiary/aromatic N) is 1. The topological polar surface area (TPSA) is 49.4 Å². The van der Waals surface area contributed by atoms with Crippen LogP contribution in [0.4, 0.5) is 0 Å². The molecular weight excluding hydrogens is 416 g/mol. The SMILES string of the molecule is O=C(CN1C(=O)CC1SCc1ccccc1)NCCCCCCc1ccccc1Cl. The van der Waals surface area contributed by atoms with Crippen LogP contribution in [0.3, 0.4) is 0 Å². The predicted octanol–water partition coefficient (Wildman–Crippen LogP) is 5.05. The second kappa shape index (κ2) is 12.0. The highest BCUT2D eigenvalue weighted by Gasteiger charge is 2.37. The zero-order valence-corrected chi connectivity index (χ0v) is 18.8. The smallest absolute Gasteiger partial charge is 0.239 e. The highest BCUT2D eigenvalue weighted by molar-refractivity contribution is 7.99. The Morgan fingerprint density at radius 3 is 2.53 bits per heavy atom. The number of rotatable bonds is 12. The van der Waals surface area contributed by atoms with Crippen molar-refractivity contribution < 1.29 is 9.59 Å². The molecule has 0 aromatic heterocycles. The summed E-state index contributed by atoms with van der Waals surface area (Å²) < 4.78 is 0. The summed E-state index contributed by atoms with van der Waals surface area (Å²) in [4.78, 5) is 25.8. The van der Waals surface area contributed by atoms with Gasteiger partial charge in [0.05, 0.1) is 11.8 Å². The molecule has 0 bridgehead atoms. The van der Waals surface area contributed by atoms with Gasteiger partial charge >= 0.3 is 0 Å². The quantitative estimate of drug-likeness (QED) is 0.368. The van der Waals surface area contributed by atoms with Crippen molar-refractivity contribution in [3.63, 3.8) is 0 Å². The second-order valence-electron chi connectivity index (χ2n) is 7.58. The van der Waals surface area contributed by atoms with Crippen LogP contribution in [0.15, 0.2) is 54.6 Å².